The maximum atomic E-state index is 13.9. The van der Waals surface area contributed by atoms with Gasteiger partial charge in [-0.1, -0.05) is 65.1 Å². The predicted octanol–water partition coefficient (Wildman–Crippen LogP) is 6.33. The van der Waals surface area contributed by atoms with Gasteiger partial charge >= 0.3 is 0 Å². The van der Waals surface area contributed by atoms with Crippen LogP contribution in [0, 0.1) is 10.1 Å². The fraction of sp³-hybridized carbons (Fsp3) is 0.103. The number of hydrogen-bond acceptors (Lipinski definition) is 9. The summed E-state index contributed by atoms with van der Waals surface area (Å²) in [5, 5.41) is 21.7. The van der Waals surface area contributed by atoms with Crippen molar-refractivity contribution >= 4 is 70.9 Å². The summed E-state index contributed by atoms with van der Waals surface area (Å²) in [6.45, 7) is 3.42. The molecule has 0 bridgehead atoms. The van der Waals surface area contributed by atoms with E-state index in [0.717, 1.165) is 20.4 Å². The Morgan fingerprint density at radius 2 is 1.24 bits per heavy atom. The van der Waals surface area contributed by atoms with Crippen LogP contribution in [0.5, 0.6) is 0 Å². The molecule has 0 spiro atoms. The molecule has 0 saturated carbocycles. The summed E-state index contributed by atoms with van der Waals surface area (Å²) in [4.78, 5) is 48.4. The van der Waals surface area contributed by atoms with Gasteiger partial charge in [-0.05, 0) is 38.1 Å². The smallest absolute Gasteiger partial charge is 0.273 e. The highest BCUT2D eigenvalue weighted by Gasteiger charge is 2.40. The van der Waals surface area contributed by atoms with Gasteiger partial charge in [-0.15, -0.1) is 0 Å². The van der Waals surface area contributed by atoms with Gasteiger partial charge in [-0.25, -0.2) is 9.97 Å². The third-order valence-electron chi connectivity index (χ3n) is 6.72. The molecule has 2 amide bonds. The normalized spacial score (nSPS) is 13.9. The molecule has 5 aromatic rings. The molecule has 3 heterocycles. The van der Waals surface area contributed by atoms with Gasteiger partial charge < -0.3 is 5.32 Å². The third-order valence-corrected chi connectivity index (χ3v) is 8.63. The van der Waals surface area contributed by atoms with Crippen molar-refractivity contribution in [1.82, 2.24) is 15.3 Å². The average Bonchev–Trinajstić information content (AvgIpc) is 3.55. The molecule has 1 aliphatic heterocycles. The number of allylic oxidation sites excluding steroid dienone is 2. The number of aromatic nitrogens is 2. The number of rotatable bonds is 6. The molecule has 41 heavy (non-hydrogen) atoms. The quantitative estimate of drug-likeness (QED) is 0.157. The van der Waals surface area contributed by atoms with Gasteiger partial charge in [0.25, 0.3) is 17.5 Å². The van der Waals surface area contributed by atoms with Crippen LogP contribution in [-0.2, 0) is 9.59 Å². The maximum absolute atomic E-state index is 13.9. The Morgan fingerprint density at radius 3 is 1.73 bits per heavy atom. The van der Waals surface area contributed by atoms with Crippen molar-refractivity contribution in [2.24, 2.45) is 0 Å². The molecular formula is C29H22N6O4S2. The Bertz CT molecular complexity index is 1760. The third kappa shape index (κ3) is 4.94. The molecule has 0 unspecified atom stereocenters. The summed E-state index contributed by atoms with van der Waals surface area (Å²) < 4.78 is 1.80. The fourth-order valence-corrected chi connectivity index (χ4v) is 6.71. The Morgan fingerprint density at radius 1 is 0.780 bits per heavy atom. The first kappa shape index (κ1) is 26.3. The number of hydrogen-bond donors (Lipinski definition) is 3. The first-order chi connectivity index (χ1) is 19.8. The topological polar surface area (TPSA) is 139 Å². The maximum Gasteiger partial charge on any atom is 0.273 e. The molecule has 0 fully saturated rings. The highest BCUT2D eigenvalue weighted by molar-refractivity contribution is 7.22. The van der Waals surface area contributed by atoms with E-state index in [2.05, 4.69) is 25.9 Å². The lowest BCUT2D eigenvalue weighted by Gasteiger charge is -2.30. The van der Waals surface area contributed by atoms with Gasteiger partial charge in [0.2, 0.25) is 0 Å². The second kappa shape index (κ2) is 10.6. The number of nitro groups is 1. The Balaban J connectivity index is 1.43. The molecule has 12 heteroatoms. The number of anilines is 2. The first-order valence-corrected chi connectivity index (χ1v) is 14.2. The number of nitro benzene ring substituents is 1. The van der Waals surface area contributed by atoms with E-state index in [0.29, 0.717) is 21.7 Å². The van der Waals surface area contributed by atoms with Crippen LogP contribution in [0.1, 0.15) is 25.3 Å². The van der Waals surface area contributed by atoms with Crippen molar-refractivity contribution in [1.29, 1.82) is 0 Å². The number of para-hydroxylation sites is 3. The molecule has 3 aromatic carbocycles. The zero-order valence-electron chi connectivity index (χ0n) is 21.8. The minimum atomic E-state index is -1.04. The van der Waals surface area contributed by atoms with Crippen molar-refractivity contribution in [2.45, 2.75) is 19.8 Å². The van der Waals surface area contributed by atoms with Crippen LogP contribution in [0.2, 0.25) is 0 Å². The van der Waals surface area contributed by atoms with Gasteiger partial charge in [0, 0.05) is 34.2 Å². The van der Waals surface area contributed by atoms with Gasteiger partial charge in [-0.2, -0.15) is 0 Å². The van der Waals surface area contributed by atoms with E-state index < -0.39 is 22.7 Å². The standard InChI is InChI=1S/C29H22N6O4S2/c1-15-23(26(36)33-28-31-18-10-4-7-13-21(18)40-28)25(17-9-3-6-12-20(17)35(38)39)24(16(2)30-15)27(37)34-29-32-19-11-5-8-14-22(19)41-29/h3-14,25,30H,1-2H3,(H,31,33,36)(H,32,34,37). The predicted molar refractivity (Wildman–Crippen MR) is 161 cm³/mol. The van der Waals surface area contributed by atoms with Crippen LogP contribution >= 0.6 is 22.7 Å². The minimum Gasteiger partial charge on any atom is -0.362 e. The number of benzene rings is 3. The lowest BCUT2D eigenvalue weighted by atomic mass is 9.79. The summed E-state index contributed by atoms with van der Waals surface area (Å²) in [7, 11) is 0. The number of fused-ring (bicyclic) bond motifs is 2. The van der Waals surface area contributed by atoms with Gasteiger partial charge in [-0.3, -0.25) is 30.3 Å². The van der Waals surface area contributed by atoms with Crippen LogP contribution in [-0.4, -0.2) is 26.7 Å². The molecule has 0 aliphatic carbocycles. The number of dihydropyridines is 1. The zero-order chi connectivity index (χ0) is 28.7. The van der Waals surface area contributed by atoms with Gasteiger partial charge in [0.15, 0.2) is 10.3 Å². The highest BCUT2D eigenvalue weighted by Crippen LogP contribution is 2.43. The summed E-state index contributed by atoms with van der Waals surface area (Å²) in [6.07, 6.45) is 0. The minimum absolute atomic E-state index is 0.179. The Labute approximate surface area is 241 Å². The average molecular weight is 583 g/mol. The lowest BCUT2D eigenvalue weighted by Crippen LogP contribution is -2.35. The summed E-state index contributed by atoms with van der Waals surface area (Å²) in [6, 6.07) is 21.2. The van der Waals surface area contributed by atoms with E-state index in [9.17, 15) is 19.7 Å². The van der Waals surface area contributed by atoms with Crippen LogP contribution in [0.25, 0.3) is 20.4 Å². The zero-order valence-corrected chi connectivity index (χ0v) is 23.4. The first-order valence-electron chi connectivity index (χ1n) is 12.6. The number of thiazole rings is 2. The summed E-state index contributed by atoms with van der Waals surface area (Å²) >= 11 is 2.63. The fourth-order valence-electron chi connectivity index (χ4n) is 4.99. The summed E-state index contributed by atoms with van der Waals surface area (Å²) in [5.74, 6) is -2.08. The van der Waals surface area contributed by atoms with E-state index in [1.165, 1.54) is 28.7 Å². The van der Waals surface area contributed by atoms with E-state index in [-0.39, 0.29) is 22.4 Å². The van der Waals surface area contributed by atoms with Crippen molar-refractivity contribution in [2.75, 3.05) is 10.6 Å². The second-order valence-corrected chi connectivity index (χ2v) is 11.4. The van der Waals surface area contributed by atoms with E-state index in [4.69, 9.17) is 0 Å². The van der Waals surface area contributed by atoms with Crippen LogP contribution in [0.4, 0.5) is 16.0 Å². The number of nitrogens with zero attached hydrogens (tertiary/aromatic N) is 3. The van der Waals surface area contributed by atoms with E-state index in [1.807, 2.05) is 48.5 Å². The van der Waals surface area contributed by atoms with Crippen molar-refractivity contribution in [3.63, 3.8) is 0 Å². The highest BCUT2D eigenvalue weighted by atomic mass is 32.1. The molecule has 0 atom stereocenters. The molecule has 6 rings (SSSR count). The second-order valence-electron chi connectivity index (χ2n) is 9.33. The molecule has 3 N–H and O–H groups in total. The summed E-state index contributed by atoms with van der Waals surface area (Å²) in [5.41, 5.74) is 2.81. The van der Waals surface area contributed by atoms with Crippen LogP contribution < -0.4 is 16.0 Å². The largest absolute Gasteiger partial charge is 0.362 e. The lowest BCUT2D eigenvalue weighted by molar-refractivity contribution is -0.385. The van der Waals surface area contributed by atoms with E-state index >= 15 is 0 Å². The molecule has 1 aliphatic rings. The number of nitrogens with one attached hydrogen (secondary N) is 3. The monoisotopic (exact) mass is 582 g/mol. The van der Waals surface area contributed by atoms with Crippen molar-refractivity contribution in [3.05, 3.63) is 111 Å². The Hall–Kier alpha value is -4.94. The number of carbonyl (C=O) groups is 2. The number of carbonyl (C=O) groups excluding carboxylic acids is 2. The SMILES string of the molecule is CC1=C(C(=O)Nc2nc3ccccc3s2)C(c2ccccc2[N+](=O)[O-])C(C(=O)Nc2nc3ccccc3s2)=C(C)N1. The Kier molecular flexibility index (Phi) is 6.77. The molecule has 0 saturated heterocycles. The van der Waals surface area contributed by atoms with Crippen molar-refractivity contribution < 1.29 is 14.5 Å². The molecule has 10 nitrogen and oxygen atoms in total. The van der Waals surface area contributed by atoms with Crippen LogP contribution in [0.3, 0.4) is 0 Å². The molecule has 204 valence electrons. The van der Waals surface area contributed by atoms with Gasteiger partial charge in [0.1, 0.15) is 0 Å². The van der Waals surface area contributed by atoms with E-state index in [1.54, 1.807) is 32.0 Å². The molecular weight excluding hydrogens is 560 g/mol. The molecule has 0 radical (unpaired) electrons. The van der Waals surface area contributed by atoms with Crippen LogP contribution in [0.15, 0.2) is 95.3 Å². The van der Waals surface area contributed by atoms with Crippen molar-refractivity contribution in [3.8, 4) is 0 Å². The number of amides is 2. The molecule has 2 aromatic heterocycles. The van der Waals surface area contributed by atoms with Gasteiger partial charge in [0.05, 0.1) is 31.3 Å².